The zero-order chi connectivity index (χ0) is 20.7. The quantitative estimate of drug-likeness (QED) is 0.578. The molecular formula is C20H25N5O3S. The number of hydrogen-bond acceptors (Lipinski definition) is 8. The Kier molecular flexibility index (Phi) is 5.48. The Hall–Kier alpha value is -2.20. The summed E-state index contributed by atoms with van der Waals surface area (Å²) in [4.78, 5) is 12.3. The Morgan fingerprint density at radius 2 is 1.83 bits per heavy atom. The molecule has 29 heavy (non-hydrogen) atoms. The van der Waals surface area contributed by atoms with Gasteiger partial charge < -0.3 is 20.7 Å². The first-order chi connectivity index (χ1) is 13.9. The van der Waals surface area contributed by atoms with E-state index in [0.717, 1.165) is 5.75 Å². The summed E-state index contributed by atoms with van der Waals surface area (Å²) in [7, 11) is 0. The Balaban J connectivity index is 1.46. The standard InChI is InChI=1S/C20H25N5O3S/c1-10-4-11(2)13(12(3)5-10)6-29-7-14-16(26)17(27)20(28-14)25-9-24-15-18(21)22-8-23-19(15)25/h4-5,8-9,14,16-17,20,26-27H,6-7H2,1-3H3,(H2,21,22,23)/t14-,16-,17-,20-/m1/s1. The van der Waals surface area contributed by atoms with Gasteiger partial charge in [-0.15, -0.1) is 0 Å². The molecule has 1 aliphatic heterocycles. The highest BCUT2D eigenvalue weighted by molar-refractivity contribution is 7.98. The topological polar surface area (TPSA) is 119 Å². The SMILES string of the molecule is Cc1cc(C)c(CSC[C@H]2O[C@@H](n3cnc4c(N)ncnc43)[C@H](O)[C@@H]2O)c(C)c1. The predicted octanol–water partition coefficient (Wildman–Crippen LogP) is 1.89. The number of hydrogen-bond donors (Lipinski definition) is 3. The van der Waals surface area contributed by atoms with Crippen LogP contribution in [0.25, 0.3) is 11.2 Å². The van der Waals surface area contributed by atoms with Crippen LogP contribution >= 0.6 is 11.8 Å². The number of ether oxygens (including phenoxy) is 1. The number of imidazole rings is 1. The molecule has 0 bridgehead atoms. The number of rotatable bonds is 5. The summed E-state index contributed by atoms with van der Waals surface area (Å²) in [5.74, 6) is 1.65. The maximum atomic E-state index is 10.6. The predicted molar refractivity (Wildman–Crippen MR) is 112 cm³/mol. The van der Waals surface area contributed by atoms with Crippen molar-refractivity contribution in [3.8, 4) is 0 Å². The number of nitrogen functional groups attached to an aromatic ring is 1. The third-order valence-electron chi connectivity index (χ3n) is 5.37. The van der Waals surface area contributed by atoms with Crippen LogP contribution in [0.4, 0.5) is 5.82 Å². The molecular weight excluding hydrogens is 390 g/mol. The highest BCUT2D eigenvalue weighted by Gasteiger charge is 2.44. The minimum absolute atomic E-state index is 0.262. The highest BCUT2D eigenvalue weighted by atomic mass is 32.2. The van der Waals surface area contributed by atoms with Crippen molar-refractivity contribution in [2.24, 2.45) is 0 Å². The Morgan fingerprint density at radius 3 is 2.55 bits per heavy atom. The number of anilines is 1. The molecule has 0 radical (unpaired) electrons. The number of aryl methyl sites for hydroxylation is 3. The number of aliphatic hydroxyl groups excluding tert-OH is 2. The van der Waals surface area contributed by atoms with Crippen LogP contribution in [0.5, 0.6) is 0 Å². The first-order valence-electron chi connectivity index (χ1n) is 9.46. The van der Waals surface area contributed by atoms with Crippen LogP contribution in [0.1, 0.15) is 28.5 Å². The van der Waals surface area contributed by atoms with Crippen LogP contribution < -0.4 is 5.73 Å². The molecule has 1 aliphatic rings. The summed E-state index contributed by atoms with van der Waals surface area (Å²) in [6, 6.07) is 4.36. The number of aliphatic hydroxyl groups is 2. The van der Waals surface area contributed by atoms with Crippen molar-refractivity contribution in [1.29, 1.82) is 0 Å². The average Bonchev–Trinajstić information content (AvgIpc) is 3.21. The van der Waals surface area contributed by atoms with E-state index in [4.69, 9.17) is 10.5 Å². The van der Waals surface area contributed by atoms with Gasteiger partial charge in [-0.25, -0.2) is 15.0 Å². The van der Waals surface area contributed by atoms with Gasteiger partial charge >= 0.3 is 0 Å². The number of nitrogens with zero attached hydrogens (tertiary/aromatic N) is 4. The summed E-state index contributed by atoms with van der Waals surface area (Å²) >= 11 is 1.68. The molecule has 0 amide bonds. The van der Waals surface area contributed by atoms with Gasteiger partial charge in [0.15, 0.2) is 17.7 Å². The second kappa shape index (κ2) is 7.91. The third kappa shape index (κ3) is 3.71. The highest BCUT2D eigenvalue weighted by Crippen LogP contribution is 2.34. The van der Waals surface area contributed by atoms with Gasteiger partial charge in [-0.2, -0.15) is 11.8 Å². The van der Waals surface area contributed by atoms with Gasteiger partial charge in [0.25, 0.3) is 0 Å². The molecule has 9 heteroatoms. The van der Waals surface area contributed by atoms with E-state index in [1.165, 1.54) is 34.9 Å². The fourth-order valence-electron chi connectivity index (χ4n) is 3.87. The Labute approximate surface area is 173 Å². The number of fused-ring (bicyclic) bond motifs is 1. The Morgan fingerprint density at radius 1 is 1.10 bits per heavy atom. The number of thioether (sulfide) groups is 1. The second-order valence-electron chi connectivity index (χ2n) is 7.52. The maximum absolute atomic E-state index is 10.6. The number of benzene rings is 1. The van der Waals surface area contributed by atoms with Crippen LogP contribution in [-0.4, -0.2) is 53.8 Å². The molecule has 0 spiro atoms. The third-order valence-corrected chi connectivity index (χ3v) is 6.42. The molecule has 154 valence electrons. The van der Waals surface area contributed by atoms with E-state index in [2.05, 4.69) is 47.9 Å². The zero-order valence-electron chi connectivity index (χ0n) is 16.6. The first-order valence-corrected chi connectivity index (χ1v) is 10.6. The van der Waals surface area contributed by atoms with Gasteiger partial charge in [0.05, 0.1) is 12.4 Å². The van der Waals surface area contributed by atoms with E-state index in [1.54, 1.807) is 16.3 Å². The van der Waals surface area contributed by atoms with E-state index in [1.807, 2.05) is 0 Å². The van der Waals surface area contributed by atoms with Crippen LogP contribution in [0, 0.1) is 20.8 Å². The van der Waals surface area contributed by atoms with Crippen LogP contribution in [-0.2, 0) is 10.5 Å². The van der Waals surface area contributed by atoms with Gasteiger partial charge in [-0.1, -0.05) is 17.7 Å². The van der Waals surface area contributed by atoms with Crippen LogP contribution in [0.15, 0.2) is 24.8 Å². The van der Waals surface area contributed by atoms with E-state index in [9.17, 15) is 10.2 Å². The van der Waals surface area contributed by atoms with Gasteiger partial charge in [-0.3, -0.25) is 4.57 Å². The van der Waals surface area contributed by atoms with Crippen molar-refractivity contribution in [3.63, 3.8) is 0 Å². The minimum Gasteiger partial charge on any atom is -0.387 e. The molecule has 0 aliphatic carbocycles. The lowest BCUT2D eigenvalue weighted by Crippen LogP contribution is -2.32. The average molecular weight is 416 g/mol. The fourth-order valence-corrected chi connectivity index (χ4v) is 5.15. The summed E-state index contributed by atoms with van der Waals surface area (Å²) in [5.41, 5.74) is 11.8. The summed E-state index contributed by atoms with van der Waals surface area (Å²) in [6.45, 7) is 6.34. The van der Waals surface area contributed by atoms with E-state index in [0.29, 0.717) is 16.9 Å². The van der Waals surface area contributed by atoms with Crippen molar-refractivity contribution in [1.82, 2.24) is 19.5 Å². The molecule has 3 heterocycles. The summed E-state index contributed by atoms with van der Waals surface area (Å²) in [5, 5.41) is 21.1. The van der Waals surface area contributed by atoms with Crippen molar-refractivity contribution < 1.29 is 14.9 Å². The molecule has 1 aromatic carbocycles. The molecule has 4 rings (SSSR count). The van der Waals surface area contributed by atoms with E-state index >= 15 is 0 Å². The lowest BCUT2D eigenvalue weighted by molar-refractivity contribution is -0.0289. The van der Waals surface area contributed by atoms with Crippen molar-refractivity contribution in [2.75, 3.05) is 11.5 Å². The summed E-state index contributed by atoms with van der Waals surface area (Å²) in [6.07, 6.45) is -0.514. The van der Waals surface area contributed by atoms with Gasteiger partial charge in [-0.05, 0) is 37.5 Å². The molecule has 1 saturated heterocycles. The summed E-state index contributed by atoms with van der Waals surface area (Å²) < 4.78 is 7.59. The second-order valence-corrected chi connectivity index (χ2v) is 8.55. The molecule has 0 saturated carbocycles. The smallest absolute Gasteiger partial charge is 0.167 e. The van der Waals surface area contributed by atoms with Gasteiger partial charge in [0.1, 0.15) is 24.1 Å². The molecule has 4 N–H and O–H groups in total. The number of aromatic nitrogens is 4. The molecule has 3 aromatic rings. The lowest BCUT2D eigenvalue weighted by Gasteiger charge is -2.16. The largest absolute Gasteiger partial charge is 0.387 e. The maximum Gasteiger partial charge on any atom is 0.167 e. The van der Waals surface area contributed by atoms with Crippen molar-refractivity contribution in [3.05, 3.63) is 47.0 Å². The van der Waals surface area contributed by atoms with Gasteiger partial charge in [0.2, 0.25) is 0 Å². The molecule has 2 aromatic heterocycles. The van der Waals surface area contributed by atoms with Crippen molar-refractivity contribution >= 4 is 28.7 Å². The molecule has 1 fully saturated rings. The van der Waals surface area contributed by atoms with Crippen LogP contribution in [0.2, 0.25) is 0 Å². The minimum atomic E-state index is -1.09. The Bertz CT molecular complexity index is 1020. The van der Waals surface area contributed by atoms with Gasteiger partial charge in [0, 0.05) is 11.5 Å². The molecule has 4 atom stereocenters. The molecule has 8 nitrogen and oxygen atoms in total. The first kappa shape index (κ1) is 20.1. The number of nitrogens with two attached hydrogens (primary N) is 1. The zero-order valence-corrected chi connectivity index (χ0v) is 17.4. The van der Waals surface area contributed by atoms with Crippen LogP contribution in [0.3, 0.4) is 0 Å². The monoisotopic (exact) mass is 415 g/mol. The fraction of sp³-hybridized carbons (Fsp3) is 0.450. The normalized spacial score (nSPS) is 24.4. The molecule has 0 unspecified atom stereocenters. The lowest BCUT2D eigenvalue weighted by atomic mass is 10.0. The van der Waals surface area contributed by atoms with E-state index < -0.39 is 24.5 Å². The van der Waals surface area contributed by atoms with E-state index in [-0.39, 0.29) is 5.82 Å². The van der Waals surface area contributed by atoms with Crippen molar-refractivity contribution in [2.45, 2.75) is 51.1 Å².